The average molecular weight is 109 g/mol. The first-order chi connectivity index (χ1) is 3.93. The number of rotatable bonds is 1. The van der Waals surface area contributed by atoms with Crippen LogP contribution in [-0.2, 0) is 0 Å². The summed E-state index contributed by atoms with van der Waals surface area (Å²) in [4.78, 5) is 3.86. The van der Waals surface area contributed by atoms with Crippen molar-refractivity contribution in [3.05, 3.63) is 12.3 Å². The molecule has 0 amide bonds. The SMILES string of the molecule is OBC1C=CN=CC1. The average Bonchev–Trinajstić information content (AvgIpc) is 1.90. The van der Waals surface area contributed by atoms with Crippen LogP contribution in [0.3, 0.4) is 0 Å². The molecule has 1 rings (SSSR count). The largest absolute Gasteiger partial charge is 0.453 e. The summed E-state index contributed by atoms with van der Waals surface area (Å²) < 4.78 is 0. The van der Waals surface area contributed by atoms with Crippen molar-refractivity contribution in [3.63, 3.8) is 0 Å². The number of hydrogen-bond donors (Lipinski definition) is 1. The first kappa shape index (κ1) is 5.57. The fourth-order valence-electron chi connectivity index (χ4n) is 0.642. The van der Waals surface area contributed by atoms with Gasteiger partial charge in [0.1, 0.15) is 0 Å². The smallest absolute Gasteiger partial charge is 0.278 e. The molecular formula is C5H8BNO. The highest BCUT2D eigenvalue weighted by molar-refractivity contribution is 6.29. The Kier molecular flexibility index (Phi) is 1.86. The zero-order valence-corrected chi connectivity index (χ0v) is 4.62. The van der Waals surface area contributed by atoms with Crippen molar-refractivity contribution in [2.24, 2.45) is 4.99 Å². The molecule has 1 aliphatic heterocycles. The molecule has 1 aliphatic rings. The fourth-order valence-corrected chi connectivity index (χ4v) is 0.642. The molecule has 0 bridgehead atoms. The highest BCUT2D eigenvalue weighted by Crippen LogP contribution is 2.10. The van der Waals surface area contributed by atoms with Gasteiger partial charge in [-0.15, -0.1) is 0 Å². The van der Waals surface area contributed by atoms with E-state index < -0.39 is 0 Å². The molecule has 0 saturated carbocycles. The van der Waals surface area contributed by atoms with Gasteiger partial charge in [0.25, 0.3) is 7.48 Å². The minimum absolute atomic E-state index is 0.239. The van der Waals surface area contributed by atoms with Crippen LogP contribution >= 0.6 is 0 Å². The monoisotopic (exact) mass is 109 g/mol. The van der Waals surface area contributed by atoms with Gasteiger partial charge in [0.15, 0.2) is 0 Å². The lowest BCUT2D eigenvalue weighted by molar-refractivity contribution is 0.590. The van der Waals surface area contributed by atoms with Crippen LogP contribution in [0.4, 0.5) is 0 Å². The Hall–Kier alpha value is -0.565. The molecule has 0 aromatic rings. The molecule has 0 saturated heterocycles. The molecule has 0 fully saturated rings. The molecule has 0 aromatic heterocycles. The number of allylic oxidation sites excluding steroid dienone is 1. The molecule has 1 atom stereocenters. The van der Waals surface area contributed by atoms with E-state index in [4.69, 9.17) is 5.02 Å². The quantitative estimate of drug-likeness (QED) is 0.476. The van der Waals surface area contributed by atoms with Gasteiger partial charge in [-0.05, 0) is 12.2 Å². The molecule has 1 heterocycles. The Balaban J connectivity index is 2.40. The molecule has 3 heteroatoms. The maximum absolute atomic E-state index is 8.58. The van der Waals surface area contributed by atoms with E-state index >= 15 is 0 Å². The van der Waals surface area contributed by atoms with E-state index in [0.717, 1.165) is 6.42 Å². The predicted molar refractivity (Wildman–Crippen MR) is 35.4 cm³/mol. The van der Waals surface area contributed by atoms with Crippen molar-refractivity contribution in [1.82, 2.24) is 0 Å². The maximum Gasteiger partial charge on any atom is 0.278 e. The van der Waals surface area contributed by atoms with Gasteiger partial charge >= 0.3 is 0 Å². The van der Waals surface area contributed by atoms with Crippen LogP contribution in [0, 0.1) is 0 Å². The molecule has 1 N–H and O–H groups in total. The normalized spacial score (nSPS) is 25.9. The number of hydrogen-bond acceptors (Lipinski definition) is 2. The standard InChI is InChI=1S/C5H8BNO/c8-6-5-1-3-7-4-2-5/h1,3-6,8H,2H2. The van der Waals surface area contributed by atoms with Gasteiger partial charge in [-0.3, -0.25) is 4.99 Å². The third kappa shape index (κ3) is 1.20. The van der Waals surface area contributed by atoms with E-state index in [1.165, 1.54) is 0 Å². The van der Waals surface area contributed by atoms with E-state index in [9.17, 15) is 0 Å². The second-order valence-electron chi connectivity index (χ2n) is 1.85. The van der Waals surface area contributed by atoms with Gasteiger partial charge in [0.2, 0.25) is 0 Å². The molecule has 0 radical (unpaired) electrons. The molecule has 2 nitrogen and oxygen atoms in total. The van der Waals surface area contributed by atoms with E-state index in [2.05, 4.69) is 4.99 Å². The number of nitrogens with zero attached hydrogens (tertiary/aromatic N) is 1. The van der Waals surface area contributed by atoms with E-state index in [-0.39, 0.29) is 7.48 Å². The van der Waals surface area contributed by atoms with E-state index in [1.807, 2.05) is 12.3 Å². The fraction of sp³-hybridized carbons (Fsp3) is 0.400. The summed E-state index contributed by atoms with van der Waals surface area (Å²) >= 11 is 0. The van der Waals surface area contributed by atoms with Gasteiger partial charge in [-0.2, -0.15) is 0 Å². The summed E-state index contributed by atoms with van der Waals surface area (Å²) in [6.45, 7) is 0. The summed E-state index contributed by atoms with van der Waals surface area (Å²) in [6, 6.07) is 0. The van der Waals surface area contributed by atoms with Crippen LogP contribution in [0.1, 0.15) is 6.42 Å². The van der Waals surface area contributed by atoms with Gasteiger partial charge in [-0.1, -0.05) is 6.08 Å². The lowest BCUT2D eigenvalue weighted by Gasteiger charge is -2.04. The van der Waals surface area contributed by atoms with Crippen LogP contribution in [0.25, 0.3) is 0 Å². The van der Waals surface area contributed by atoms with Crippen molar-refractivity contribution in [2.45, 2.75) is 12.2 Å². The first-order valence-corrected chi connectivity index (χ1v) is 2.72. The molecular weight excluding hydrogens is 101 g/mol. The van der Waals surface area contributed by atoms with Gasteiger partial charge < -0.3 is 5.02 Å². The lowest BCUT2D eigenvalue weighted by Crippen LogP contribution is -2.02. The second-order valence-corrected chi connectivity index (χ2v) is 1.85. The van der Waals surface area contributed by atoms with Crippen molar-refractivity contribution in [2.75, 3.05) is 0 Å². The Bertz CT molecular complexity index is 122. The highest BCUT2D eigenvalue weighted by Gasteiger charge is 2.04. The molecule has 0 aromatic carbocycles. The van der Waals surface area contributed by atoms with Gasteiger partial charge in [0.05, 0.1) is 0 Å². The van der Waals surface area contributed by atoms with E-state index in [0.29, 0.717) is 5.82 Å². The van der Waals surface area contributed by atoms with E-state index in [1.54, 1.807) is 6.20 Å². The first-order valence-electron chi connectivity index (χ1n) is 2.72. The van der Waals surface area contributed by atoms with Crippen molar-refractivity contribution in [1.29, 1.82) is 0 Å². The van der Waals surface area contributed by atoms with Crippen LogP contribution in [-0.4, -0.2) is 18.7 Å². The summed E-state index contributed by atoms with van der Waals surface area (Å²) in [5.74, 6) is 0.312. The third-order valence-electron chi connectivity index (χ3n) is 1.19. The third-order valence-corrected chi connectivity index (χ3v) is 1.19. The number of aliphatic imine (C=N–C) groups is 1. The zero-order valence-electron chi connectivity index (χ0n) is 4.62. The second kappa shape index (κ2) is 2.67. The highest BCUT2D eigenvalue weighted by atomic mass is 16.2. The molecule has 42 valence electrons. The van der Waals surface area contributed by atoms with Crippen LogP contribution in [0.15, 0.2) is 17.3 Å². The topological polar surface area (TPSA) is 32.6 Å². The van der Waals surface area contributed by atoms with Crippen molar-refractivity contribution < 1.29 is 5.02 Å². The van der Waals surface area contributed by atoms with Gasteiger partial charge in [0, 0.05) is 12.4 Å². The summed E-state index contributed by atoms with van der Waals surface area (Å²) in [7, 11) is 0.239. The zero-order chi connectivity index (χ0) is 5.82. The van der Waals surface area contributed by atoms with Crippen molar-refractivity contribution in [3.8, 4) is 0 Å². The lowest BCUT2D eigenvalue weighted by atomic mass is 9.78. The van der Waals surface area contributed by atoms with Crippen LogP contribution in [0.5, 0.6) is 0 Å². The summed E-state index contributed by atoms with van der Waals surface area (Å²) in [5, 5.41) is 8.58. The maximum atomic E-state index is 8.58. The minimum Gasteiger partial charge on any atom is -0.453 e. The van der Waals surface area contributed by atoms with Crippen LogP contribution in [0.2, 0.25) is 5.82 Å². The molecule has 0 spiro atoms. The Labute approximate surface area is 49.2 Å². The summed E-state index contributed by atoms with van der Waals surface area (Å²) in [5.41, 5.74) is 0. The van der Waals surface area contributed by atoms with Gasteiger partial charge in [-0.25, -0.2) is 0 Å². The molecule has 0 aliphatic carbocycles. The molecule has 1 unspecified atom stereocenters. The molecule has 8 heavy (non-hydrogen) atoms. The Morgan fingerprint density at radius 1 is 1.75 bits per heavy atom. The Morgan fingerprint density at radius 3 is 3.00 bits per heavy atom. The predicted octanol–water partition coefficient (Wildman–Crippen LogP) is 0.107. The van der Waals surface area contributed by atoms with Crippen molar-refractivity contribution >= 4 is 13.7 Å². The minimum atomic E-state index is 0.239. The van der Waals surface area contributed by atoms with Crippen LogP contribution < -0.4 is 0 Å². The summed E-state index contributed by atoms with van der Waals surface area (Å²) in [6.07, 6.45) is 6.35. The Morgan fingerprint density at radius 2 is 2.62 bits per heavy atom.